The molecule has 0 heterocycles. The van der Waals surface area contributed by atoms with E-state index < -0.39 is 0 Å². The van der Waals surface area contributed by atoms with E-state index in [4.69, 9.17) is 0 Å². The third-order valence-electron chi connectivity index (χ3n) is 10.0. The molecule has 1 N–H and O–H groups in total. The first-order valence-corrected chi connectivity index (χ1v) is 12.8. The van der Waals surface area contributed by atoms with Gasteiger partial charge in [-0.3, -0.25) is 0 Å². The molecule has 30 heavy (non-hydrogen) atoms. The molecule has 0 radical (unpaired) electrons. The van der Waals surface area contributed by atoms with Crippen LogP contribution < -0.4 is 0 Å². The zero-order valence-corrected chi connectivity index (χ0v) is 20.7. The average Bonchev–Trinajstić information content (AvgIpc) is 3.02. The van der Waals surface area contributed by atoms with E-state index in [1.807, 2.05) is 0 Å². The molecule has 0 aliphatic heterocycles. The van der Waals surface area contributed by atoms with E-state index in [1.54, 1.807) is 11.1 Å². The van der Waals surface area contributed by atoms with E-state index in [0.29, 0.717) is 5.41 Å². The molecule has 168 valence electrons. The number of fused-ring (bicyclic) bond motifs is 5. The van der Waals surface area contributed by atoms with Crippen LogP contribution in [0.3, 0.4) is 0 Å². The van der Waals surface area contributed by atoms with Crippen molar-refractivity contribution >= 4 is 0 Å². The maximum absolute atomic E-state index is 10.7. The molecular weight excluding hydrogens is 364 g/mol. The summed E-state index contributed by atoms with van der Waals surface area (Å²) in [7, 11) is 0. The Balaban J connectivity index is 1.62. The van der Waals surface area contributed by atoms with Crippen LogP contribution >= 0.6 is 0 Å². The van der Waals surface area contributed by atoms with Crippen LogP contribution in [-0.2, 0) is 0 Å². The smallest absolute Gasteiger partial charge is 0.0629 e. The van der Waals surface area contributed by atoms with Crippen molar-refractivity contribution in [3.63, 3.8) is 0 Å². The number of hydrogen-bond donors (Lipinski definition) is 1. The predicted octanol–water partition coefficient (Wildman–Crippen LogP) is 7.87. The Labute approximate surface area is 186 Å². The summed E-state index contributed by atoms with van der Waals surface area (Å²) in [6.45, 7) is 16.8. The van der Waals surface area contributed by atoms with E-state index in [2.05, 4.69) is 66.7 Å². The maximum atomic E-state index is 10.7. The molecule has 1 heteroatoms. The van der Waals surface area contributed by atoms with Gasteiger partial charge in [-0.2, -0.15) is 0 Å². The van der Waals surface area contributed by atoms with Gasteiger partial charge in [0.15, 0.2) is 0 Å². The average molecular weight is 411 g/mol. The predicted molar refractivity (Wildman–Crippen MR) is 128 cm³/mol. The fourth-order valence-corrected chi connectivity index (χ4v) is 8.09. The summed E-state index contributed by atoms with van der Waals surface area (Å²) in [6, 6.07) is 0. The van der Waals surface area contributed by atoms with Crippen molar-refractivity contribution in [2.45, 2.75) is 106 Å². The van der Waals surface area contributed by atoms with Gasteiger partial charge in [-0.05, 0) is 72.3 Å². The molecule has 0 aromatic carbocycles. The van der Waals surface area contributed by atoms with Crippen LogP contribution in [0.1, 0.15) is 99.8 Å². The number of aliphatic hydroxyl groups excluding tert-OH is 1. The van der Waals surface area contributed by atoms with Gasteiger partial charge in [-0.1, -0.05) is 91.5 Å². The molecule has 1 unspecified atom stereocenters. The van der Waals surface area contributed by atoms with E-state index in [9.17, 15) is 5.11 Å². The Morgan fingerprint density at radius 2 is 1.73 bits per heavy atom. The molecule has 4 aliphatic carbocycles. The van der Waals surface area contributed by atoms with Crippen LogP contribution in [0.5, 0.6) is 0 Å². The standard InChI is InChI=1S/C29H46O/c1-19(2)9-8-10-20(3)22-12-13-23-21-11-14-25-27(4,5)26(30)16-18-29(25,7)24(21)15-17-28(22,23)6/h11,14-15,19-20,22-23,26,30H,8-10,12-13,16-18H2,1-7H3/t20-,22-,23+,26?,28-,29-/m1/s1. The summed E-state index contributed by atoms with van der Waals surface area (Å²) in [5.74, 6) is 3.25. The second kappa shape index (κ2) is 7.65. The van der Waals surface area contributed by atoms with Crippen LogP contribution in [0.15, 0.2) is 34.9 Å². The zero-order valence-electron chi connectivity index (χ0n) is 20.7. The van der Waals surface area contributed by atoms with Crippen molar-refractivity contribution in [3.05, 3.63) is 34.9 Å². The first-order valence-electron chi connectivity index (χ1n) is 12.8. The number of hydrogen-bond acceptors (Lipinski definition) is 1. The van der Waals surface area contributed by atoms with Crippen molar-refractivity contribution in [3.8, 4) is 0 Å². The van der Waals surface area contributed by atoms with Crippen LogP contribution in [0.4, 0.5) is 0 Å². The topological polar surface area (TPSA) is 20.2 Å². The fourth-order valence-electron chi connectivity index (χ4n) is 8.09. The minimum absolute atomic E-state index is 0.120. The van der Waals surface area contributed by atoms with E-state index in [-0.39, 0.29) is 16.9 Å². The molecule has 4 aliphatic rings. The van der Waals surface area contributed by atoms with Crippen molar-refractivity contribution in [2.24, 2.45) is 39.9 Å². The van der Waals surface area contributed by atoms with E-state index in [1.165, 1.54) is 44.1 Å². The fraction of sp³-hybridized carbons (Fsp3) is 0.793. The van der Waals surface area contributed by atoms with Gasteiger partial charge in [-0.15, -0.1) is 0 Å². The largest absolute Gasteiger partial charge is 0.392 e. The summed E-state index contributed by atoms with van der Waals surface area (Å²) in [5, 5.41) is 10.7. The summed E-state index contributed by atoms with van der Waals surface area (Å²) >= 11 is 0. The zero-order chi connectivity index (χ0) is 21.9. The highest BCUT2D eigenvalue weighted by Gasteiger charge is 2.56. The highest BCUT2D eigenvalue weighted by Crippen LogP contribution is 2.65. The lowest BCUT2D eigenvalue weighted by Gasteiger charge is -2.55. The third-order valence-corrected chi connectivity index (χ3v) is 10.0. The number of rotatable bonds is 5. The molecular formula is C29H46O. The van der Waals surface area contributed by atoms with Crippen LogP contribution in [0, 0.1) is 39.9 Å². The maximum Gasteiger partial charge on any atom is 0.0629 e. The van der Waals surface area contributed by atoms with Crippen LogP contribution in [0.2, 0.25) is 0 Å². The molecule has 0 bridgehead atoms. The summed E-state index contributed by atoms with van der Waals surface area (Å²) < 4.78 is 0. The second-order valence-corrected chi connectivity index (χ2v) is 12.7. The molecule has 6 atom stereocenters. The van der Waals surface area contributed by atoms with E-state index in [0.717, 1.165) is 36.5 Å². The van der Waals surface area contributed by atoms with Crippen molar-refractivity contribution in [2.75, 3.05) is 0 Å². The van der Waals surface area contributed by atoms with Crippen molar-refractivity contribution < 1.29 is 5.11 Å². The van der Waals surface area contributed by atoms with Gasteiger partial charge in [0.05, 0.1) is 6.10 Å². The molecule has 4 rings (SSSR count). The van der Waals surface area contributed by atoms with Gasteiger partial charge >= 0.3 is 0 Å². The Bertz CT molecular complexity index is 765. The van der Waals surface area contributed by atoms with E-state index >= 15 is 0 Å². The molecule has 2 fully saturated rings. The second-order valence-electron chi connectivity index (χ2n) is 12.7. The monoisotopic (exact) mass is 410 g/mol. The van der Waals surface area contributed by atoms with Gasteiger partial charge < -0.3 is 5.11 Å². The lowest BCUT2D eigenvalue weighted by Crippen LogP contribution is -2.47. The van der Waals surface area contributed by atoms with Crippen LogP contribution in [-0.4, -0.2) is 11.2 Å². The molecule has 0 aromatic heterocycles. The Morgan fingerprint density at radius 3 is 2.43 bits per heavy atom. The van der Waals surface area contributed by atoms with Crippen molar-refractivity contribution in [1.29, 1.82) is 0 Å². The lowest BCUT2D eigenvalue weighted by atomic mass is 9.50. The quantitative estimate of drug-likeness (QED) is 0.489. The molecule has 0 amide bonds. The molecule has 2 saturated carbocycles. The van der Waals surface area contributed by atoms with Crippen molar-refractivity contribution in [1.82, 2.24) is 0 Å². The highest BCUT2D eigenvalue weighted by molar-refractivity contribution is 5.55. The van der Waals surface area contributed by atoms with Gasteiger partial charge in [0.2, 0.25) is 0 Å². The number of aliphatic hydroxyl groups is 1. The van der Waals surface area contributed by atoms with Gasteiger partial charge in [-0.25, -0.2) is 0 Å². The highest BCUT2D eigenvalue weighted by atomic mass is 16.3. The molecule has 0 spiro atoms. The lowest BCUT2D eigenvalue weighted by molar-refractivity contribution is 0.0200. The minimum atomic E-state index is -0.219. The molecule has 0 saturated heterocycles. The first kappa shape index (κ1) is 22.4. The van der Waals surface area contributed by atoms with Gasteiger partial charge in [0.25, 0.3) is 0 Å². The molecule has 0 aromatic rings. The van der Waals surface area contributed by atoms with Crippen LogP contribution in [0.25, 0.3) is 0 Å². The third kappa shape index (κ3) is 3.30. The minimum Gasteiger partial charge on any atom is -0.392 e. The normalized spacial score (nSPS) is 40.7. The summed E-state index contributed by atoms with van der Waals surface area (Å²) in [5.41, 5.74) is 5.16. The Morgan fingerprint density at radius 1 is 1.00 bits per heavy atom. The van der Waals surface area contributed by atoms with Gasteiger partial charge in [0, 0.05) is 10.8 Å². The SMILES string of the molecule is CC(C)CCC[C@@H](C)[C@H]1CC[C@H]2C3=CC=C4C(C)(C)C(O)CC[C@]4(C)C3=CC[C@]12C. The summed E-state index contributed by atoms with van der Waals surface area (Å²) in [6.07, 6.45) is 17.5. The summed E-state index contributed by atoms with van der Waals surface area (Å²) in [4.78, 5) is 0. The molecule has 1 nitrogen and oxygen atoms in total. The number of allylic oxidation sites excluding steroid dienone is 5. The Hall–Kier alpha value is -0.820. The van der Waals surface area contributed by atoms with Gasteiger partial charge in [0.1, 0.15) is 0 Å². The Kier molecular flexibility index (Phi) is 5.70. The first-order chi connectivity index (χ1) is 14.0.